The molecule has 2 atom stereocenters. The lowest BCUT2D eigenvalue weighted by molar-refractivity contribution is -0.122. The molecule has 0 bridgehead atoms. The topological polar surface area (TPSA) is 41.1 Å². The van der Waals surface area contributed by atoms with Crippen molar-refractivity contribution in [3.05, 3.63) is 48.0 Å². The molecule has 0 radical (unpaired) electrons. The molecule has 2 aliphatic rings. The van der Waals surface area contributed by atoms with Gasteiger partial charge < -0.3 is 10.6 Å². The van der Waals surface area contributed by atoms with Gasteiger partial charge in [0.1, 0.15) is 0 Å². The third-order valence-corrected chi connectivity index (χ3v) is 4.76. The molecule has 2 aromatic carbocycles. The summed E-state index contributed by atoms with van der Waals surface area (Å²) in [5, 5.41) is 8.86. The van der Waals surface area contributed by atoms with Crippen molar-refractivity contribution in [1.82, 2.24) is 10.6 Å². The van der Waals surface area contributed by atoms with Crippen LogP contribution in [0, 0.1) is 11.8 Å². The number of halogens is 1. The number of fused-ring (bicyclic) bond motifs is 1. The van der Waals surface area contributed by atoms with E-state index in [1.165, 1.54) is 16.3 Å². The van der Waals surface area contributed by atoms with Crippen LogP contribution in [0.3, 0.4) is 0 Å². The Hall–Kier alpha value is -1.58. The third-order valence-electron chi connectivity index (χ3n) is 4.76. The predicted molar refractivity (Wildman–Crippen MR) is 91.4 cm³/mol. The maximum Gasteiger partial charge on any atom is 0.223 e. The summed E-state index contributed by atoms with van der Waals surface area (Å²) in [6, 6.07) is 15.0. The molecule has 1 aliphatic carbocycles. The molecule has 4 rings (SSSR count). The zero-order valence-corrected chi connectivity index (χ0v) is 13.2. The lowest BCUT2D eigenvalue weighted by Gasteiger charge is -2.27. The van der Waals surface area contributed by atoms with Crippen molar-refractivity contribution in [2.45, 2.75) is 12.3 Å². The fourth-order valence-electron chi connectivity index (χ4n) is 3.16. The molecule has 116 valence electrons. The minimum atomic E-state index is 0. The summed E-state index contributed by atoms with van der Waals surface area (Å²) < 4.78 is 0. The van der Waals surface area contributed by atoms with Gasteiger partial charge in [-0.05, 0) is 28.7 Å². The van der Waals surface area contributed by atoms with Gasteiger partial charge in [-0.3, -0.25) is 4.79 Å². The van der Waals surface area contributed by atoms with E-state index in [1.807, 2.05) is 0 Å². The Morgan fingerprint density at radius 1 is 1.14 bits per heavy atom. The highest BCUT2D eigenvalue weighted by molar-refractivity contribution is 5.86. The Labute approximate surface area is 136 Å². The Balaban J connectivity index is 0.00000144. The van der Waals surface area contributed by atoms with Gasteiger partial charge in [-0.2, -0.15) is 0 Å². The normalized spacial score (nSPS) is 23.5. The molecule has 1 saturated heterocycles. The summed E-state index contributed by atoms with van der Waals surface area (Å²) in [7, 11) is 0. The van der Waals surface area contributed by atoms with Gasteiger partial charge in [-0.1, -0.05) is 42.5 Å². The number of nitrogens with one attached hydrogen (secondary N) is 2. The van der Waals surface area contributed by atoms with Crippen LogP contribution in [0.4, 0.5) is 0 Å². The minimum absolute atomic E-state index is 0. The van der Waals surface area contributed by atoms with Crippen molar-refractivity contribution >= 4 is 29.1 Å². The fourth-order valence-corrected chi connectivity index (χ4v) is 3.16. The van der Waals surface area contributed by atoms with E-state index in [9.17, 15) is 4.79 Å². The molecule has 2 fully saturated rings. The second-order valence-electron chi connectivity index (χ2n) is 6.32. The van der Waals surface area contributed by atoms with Crippen LogP contribution >= 0.6 is 12.4 Å². The van der Waals surface area contributed by atoms with Gasteiger partial charge in [0.05, 0.1) is 0 Å². The molecule has 1 amide bonds. The summed E-state index contributed by atoms with van der Waals surface area (Å²) in [5.74, 6) is 1.46. The van der Waals surface area contributed by atoms with Crippen LogP contribution in [0.2, 0.25) is 0 Å². The van der Waals surface area contributed by atoms with Crippen LogP contribution in [0.25, 0.3) is 10.8 Å². The van der Waals surface area contributed by atoms with Crippen LogP contribution < -0.4 is 10.6 Å². The van der Waals surface area contributed by atoms with Crippen molar-refractivity contribution in [3.8, 4) is 0 Å². The Bertz CT molecular complexity index is 684. The van der Waals surface area contributed by atoms with Crippen LogP contribution in [0.1, 0.15) is 17.9 Å². The van der Waals surface area contributed by atoms with E-state index in [-0.39, 0.29) is 24.2 Å². The SMILES string of the molecule is Cl.O=C(NCC1CNC1)C1CC1c1ccc2ccccc2c1. The van der Waals surface area contributed by atoms with E-state index < -0.39 is 0 Å². The van der Waals surface area contributed by atoms with Crippen LogP contribution in [-0.4, -0.2) is 25.5 Å². The van der Waals surface area contributed by atoms with Crippen molar-refractivity contribution < 1.29 is 4.79 Å². The molecule has 4 heteroatoms. The van der Waals surface area contributed by atoms with E-state index in [0.29, 0.717) is 11.8 Å². The average Bonchev–Trinajstić information content (AvgIpc) is 3.25. The fraction of sp³-hybridized carbons (Fsp3) is 0.389. The molecule has 1 saturated carbocycles. The van der Waals surface area contributed by atoms with Crippen molar-refractivity contribution in [2.75, 3.05) is 19.6 Å². The van der Waals surface area contributed by atoms with Gasteiger partial charge in [0.2, 0.25) is 5.91 Å². The van der Waals surface area contributed by atoms with Gasteiger partial charge in [-0.15, -0.1) is 12.4 Å². The summed E-state index contributed by atoms with van der Waals surface area (Å²) in [6.07, 6.45) is 0.993. The first-order valence-electron chi connectivity index (χ1n) is 7.78. The summed E-state index contributed by atoms with van der Waals surface area (Å²) in [6.45, 7) is 2.91. The molecule has 0 aromatic heterocycles. The number of carbonyl (C=O) groups is 1. The number of carbonyl (C=O) groups excluding carboxylic acids is 1. The monoisotopic (exact) mass is 316 g/mol. The predicted octanol–water partition coefficient (Wildman–Crippen LogP) is 2.70. The second kappa shape index (κ2) is 6.27. The highest BCUT2D eigenvalue weighted by atomic mass is 35.5. The number of hydrogen-bond acceptors (Lipinski definition) is 2. The third kappa shape index (κ3) is 2.96. The van der Waals surface area contributed by atoms with Gasteiger partial charge in [0.25, 0.3) is 0 Å². The molecule has 2 aromatic rings. The summed E-state index contributed by atoms with van der Waals surface area (Å²) >= 11 is 0. The molecular weight excluding hydrogens is 296 g/mol. The van der Waals surface area contributed by atoms with E-state index in [1.54, 1.807) is 0 Å². The van der Waals surface area contributed by atoms with Crippen LogP contribution in [0.5, 0.6) is 0 Å². The van der Waals surface area contributed by atoms with Crippen molar-refractivity contribution in [2.24, 2.45) is 11.8 Å². The Morgan fingerprint density at radius 2 is 1.91 bits per heavy atom. The number of hydrogen-bond donors (Lipinski definition) is 2. The van der Waals surface area contributed by atoms with E-state index >= 15 is 0 Å². The van der Waals surface area contributed by atoms with Crippen molar-refractivity contribution in [3.63, 3.8) is 0 Å². The number of rotatable bonds is 4. The van der Waals surface area contributed by atoms with Crippen molar-refractivity contribution in [1.29, 1.82) is 0 Å². The van der Waals surface area contributed by atoms with Crippen LogP contribution in [-0.2, 0) is 4.79 Å². The molecule has 22 heavy (non-hydrogen) atoms. The first kappa shape index (κ1) is 15.3. The highest BCUT2D eigenvalue weighted by Crippen LogP contribution is 2.48. The first-order valence-corrected chi connectivity index (χ1v) is 7.78. The van der Waals surface area contributed by atoms with E-state index in [2.05, 4.69) is 53.1 Å². The highest BCUT2D eigenvalue weighted by Gasteiger charge is 2.43. The van der Waals surface area contributed by atoms with Crippen LogP contribution in [0.15, 0.2) is 42.5 Å². The largest absolute Gasteiger partial charge is 0.355 e. The zero-order chi connectivity index (χ0) is 14.2. The number of amides is 1. The lowest BCUT2D eigenvalue weighted by Crippen LogP contribution is -2.48. The smallest absolute Gasteiger partial charge is 0.223 e. The van der Waals surface area contributed by atoms with E-state index in [0.717, 1.165) is 26.1 Å². The van der Waals surface area contributed by atoms with Gasteiger partial charge >= 0.3 is 0 Å². The standard InChI is InChI=1S/C18H20N2O.ClH/c21-18(20-11-12-9-19-10-12)17-8-16(17)15-6-5-13-3-1-2-4-14(13)7-15;/h1-7,12,16-17,19H,8-11H2,(H,20,21);1H. The maximum atomic E-state index is 12.2. The zero-order valence-electron chi connectivity index (χ0n) is 12.4. The minimum Gasteiger partial charge on any atom is -0.355 e. The molecule has 2 unspecified atom stereocenters. The molecule has 1 aliphatic heterocycles. The van der Waals surface area contributed by atoms with Gasteiger partial charge in [0, 0.05) is 31.5 Å². The lowest BCUT2D eigenvalue weighted by atomic mass is 10.0. The second-order valence-corrected chi connectivity index (χ2v) is 6.32. The Kier molecular flexibility index (Phi) is 4.37. The molecule has 2 N–H and O–H groups in total. The molecule has 3 nitrogen and oxygen atoms in total. The average molecular weight is 317 g/mol. The van der Waals surface area contributed by atoms with Gasteiger partial charge in [0.15, 0.2) is 0 Å². The maximum absolute atomic E-state index is 12.2. The number of benzene rings is 2. The molecular formula is C18H21ClN2O. The van der Waals surface area contributed by atoms with Gasteiger partial charge in [-0.25, -0.2) is 0 Å². The molecule has 0 spiro atoms. The quantitative estimate of drug-likeness (QED) is 0.910. The Morgan fingerprint density at radius 3 is 2.64 bits per heavy atom. The summed E-state index contributed by atoms with van der Waals surface area (Å²) in [4.78, 5) is 12.2. The molecule has 1 heterocycles. The summed E-state index contributed by atoms with van der Waals surface area (Å²) in [5.41, 5.74) is 1.30. The van der Waals surface area contributed by atoms with E-state index in [4.69, 9.17) is 0 Å². The first-order chi connectivity index (χ1) is 10.3.